The second-order valence-corrected chi connectivity index (χ2v) is 5.84. The number of rotatable bonds is 5. The lowest BCUT2D eigenvalue weighted by Crippen LogP contribution is -2.30. The quantitative estimate of drug-likeness (QED) is 0.886. The summed E-state index contributed by atoms with van der Waals surface area (Å²) in [7, 11) is 0. The third-order valence-corrected chi connectivity index (χ3v) is 4.26. The summed E-state index contributed by atoms with van der Waals surface area (Å²) in [4.78, 5) is 23.1. The fourth-order valence-corrected chi connectivity index (χ4v) is 2.94. The summed E-state index contributed by atoms with van der Waals surface area (Å²) in [5, 5.41) is 11.8. The van der Waals surface area contributed by atoms with Crippen molar-refractivity contribution < 1.29 is 19.4 Å². The first-order valence-electron chi connectivity index (χ1n) is 7.93. The molecule has 1 fully saturated rings. The summed E-state index contributed by atoms with van der Waals surface area (Å²) >= 11 is 0. The van der Waals surface area contributed by atoms with Crippen molar-refractivity contribution in [2.75, 3.05) is 13.2 Å². The molecule has 2 aromatic rings. The van der Waals surface area contributed by atoms with Crippen LogP contribution in [0.2, 0.25) is 0 Å². The average Bonchev–Trinajstić information content (AvgIpc) is 3.09. The van der Waals surface area contributed by atoms with E-state index in [1.54, 1.807) is 0 Å². The number of hydrogen-bond donors (Lipinski definition) is 2. The highest BCUT2D eigenvalue weighted by atomic mass is 16.5. The monoisotopic (exact) mass is 325 g/mol. The Morgan fingerprint density at radius 3 is 2.38 bits per heavy atom. The molecule has 1 heterocycles. The molecule has 1 amide bonds. The average molecular weight is 325 g/mol. The van der Waals surface area contributed by atoms with Crippen molar-refractivity contribution in [3.8, 4) is 0 Å². The molecule has 0 aliphatic carbocycles. The highest BCUT2D eigenvalue weighted by Gasteiger charge is 2.29. The molecule has 3 rings (SSSR count). The van der Waals surface area contributed by atoms with Crippen LogP contribution in [0, 0.1) is 5.92 Å². The molecule has 0 radical (unpaired) electrons. The second kappa shape index (κ2) is 7.27. The van der Waals surface area contributed by atoms with Crippen LogP contribution in [0.25, 0.3) is 0 Å². The first kappa shape index (κ1) is 16.2. The molecule has 24 heavy (non-hydrogen) atoms. The largest absolute Gasteiger partial charge is 0.478 e. The smallest absolute Gasteiger partial charge is 0.335 e. The maximum atomic E-state index is 12.2. The number of carbonyl (C=O) groups is 2. The predicted octanol–water partition coefficient (Wildman–Crippen LogP) is 2.89. The van der Waals surface area contributed by atoms with Gasteiger partial charge in [-0.15, -0.1) is 0 Å². The van der Waals surface area contributed by atoms with Crippen molar-refractivity contribution in [1.82, 2.24) is 5.32 Å². The molecule has 1 aliphatic heterocycles. The maximum absolute atomic E-state index is 12.2. The van der Waals surface area contributed by atoms with Gasteiger partial charge in [0.05, 0.1) is 11.7 Å². The number of benzene rings is 2. The van der Waals surface area contributed by atoms with Crippen molar-refractivity contribution >= 4 is 11.9 Å². The van der Waals surface area contributed by atoms with Gasteiger partial charge in [0.25, 0.3) is 5.91 Å². The van der Waals surface area contributed by atoms with Gasteiger partial charge in [0.2, 0.25) is 0 Å². The molecule has 1 aliphatic rings. The zero-order valence-electron chi connectivity index (χ0n) is 13.1. The second-order valence-electron chi connectivity index (χ2n) is 5.84. The Balaban J connectivity index is 1.60. The van der Waals surface area contributed by atoms with Crippen molar-refractivity contribution in [2.45, 2.75) is 12.5 Å². The van der Waals surface area contributed by atoms with E-state index < -0.39 is 5.97 Å². The molecule has 2 N–H and O–H groups in total. The van der Waals surface area contributed by atoms with E-state index in [1.807, 2.05) is 30.3 Å². The number of ether oxygens (including phenoxy) is 1. The normalized spacial score (nSPS) is 19.8. The summed E-state index contributed by atoms with van der Waals surface area (Å²) in [5.41, 5.74) is 1.75. The molecule has 0 unspecified atom stereocenters. The van der Waals surface area contributed by atoms with E-state index in [0.29, 0.717) is 18.7 Å². The van der Waals surface area contributed by atoms with Gasteiger partial charge >= 0.3 is 5.97 Å². The Hall–Kier alpha value is -2.66. The molecule has 0 aromatic heterocycles. The van der Waals surface area contributed by atoms with E-state index >= 15 is 0 Å². The van der Waals surface area contributed by atoms with Crippen LogP contribution in [0.3, 0.4) is 0 Å². The fourth-order valence-electron chi connectivity index (χ4n) is 2.94. The van der Waals surface area contributed by atoms with Gasteiger partial charge in [0, 0.05) is 24.6 Å². The Morgan fingerprint density at radius 1 is 1.04 bits per heavy atom. The Bertz CT molecular complexity index is 712. The van der Waals surface area contributed by atoms with E-state index in [-0.39, 0.29) is 23.5 Å². The Labute approximate surface area is 140 Å². The van der Waals surface area contributed by atoms with Crippen LogP contribution in [0.15, 0.2) is 54.6 Å². The van der Waals surface area contributed by atoms with Gasteiger partial charge in [-0.1, -0.05) is 30.3 Å². The van der Waals surface area contributed by atoms with Crippen LogP contribution in [0.4, 0.5) is 0 Å². The first-order chi connectivity index (χ1) is 11.6. The number of carbonyl (C=O) groups excluding carboxylic acids is 1. The molecule has 5 heteroatoms. The zero-order chi connectivity index (χ0) is 16.9. The van der Waals surface area contributed by atoms with E-state index in [0.717, 1.165) is 12.0 Å². The SMILES string of the molecule is O=C(O)c1ccc(C(=O)NC[C@H]2CCO[C@@H]2c2ccccc2)cc1. The molecule has 1 saturated heterocycles. The topological polar surface area (TPSA) is 75.6 Å². The summed E-state index contributed by atoms with van der Waals surface area (Å²) in [6, 6.07) is 15.9. The highest BCUT2D eigenvalue weighted by Crippen LogP contribution is 2.33. The third kappa shape index (κ3) is 3.63. The molecule has 0 bridgehead atoms. The van der Waals surface area contributed by atoms with E-state index in [2.05, 4.69) is 5.32 Å². The molecule has 0 spiro atoms. The summed E-state index contributed by atoms with van der Waals surface area (Å²) in [5.74, 6) is -0.976. The number of carboxylic acid groups (broad SMARTS) is 1. The summed E-state index contributed by atoms with van der Waals surface area (Å²) in [6.45, 7) is 1.21. The van der Waals surface area contributed by atoms with Crippen LogP contribution in [0.5, 0.6) is 0 Å². The maximum Gasteiger partial charge on any atom is 0.335 e. The minimum absolute atomic E-state index is 0.000821. The molecule has 124 valence electrons. The number of hydrogen-bond acceptors (Lipinski definition) is 3. The van der Waals surface area contributed by atoms with Crippen molar-refractivity contribution in [2.24, 2.45) is 5.92 Å². The molecule has 5 nitrogen and oxygen atoms in total. The molecular weight excluding hydrogens is 306 g/mol. The highest BCUT2D eigenvalue weighted by molar-refractivity contribution is 5.95. The molecule has 2 atom stereocenters. The van der Waals surface area contributed by atoms with Crippen LogP contribution in [-0.2, 0) is 4.74 Å². The van der Waals surface area contributed by atoms with Gasteiger partial charge in [-0.25, -0.2) is 4.79 Å². The standard InChI is InChI=1S/C19H19NO4/c21-18(14-6-8-15(9-7-14)19(22)23)20-12-16-10-11-24-17(16)13-4-2-1-3-5-13/h1-9,16-17H,10-12H2,(H,20,21)(H,22,23)/t16-,17-/m1/s1. The number of aromatic carboxylic acids is 1. The van der Waals surface area contributed by atoms with Gasteiger partial charge in [-0.2, -0.15) is 0 Å². The lowest BCUT2D eigenvalue weighted by Gasteiger charge is -2.19. The summed E-state index contributed by atoms with van der Waals surface area (Å²) in [6.07, 6.45) is 0.901. The number of carboxylic acids is 1. The van der Waals surface area contributed by atoms with Gasteiger partial charge < -0.3 is 15.2 Å². The van der Waals surface area contributed by atoms with Crippen LogP contribution in [-0.4, -0.2) is 30.1 Å². The van der Waals surface area contributed by atoms with Gasteiger partial charge in [-0.3, -0.25) is 4.79 Å². The minimum atomic E-state index is -1.00. The van der Waals surface area contributed by atoms with Crippen LogP contribution < -0.4 is 5.32 Å². The Kier molecular flexibility index (Phi) is 4.91. The molecular formula is C19H19NO4. The van der Waals surface area contributed by atoms with Gasteiger partial charge in [0.15, 0.2) is 0 Å². The van der Waals surface area contributed by atoms with E-state index in [1.165, 1.54) is 24.3 Å². The van der Waals surface area contributed by atoms with E-state index in [9.17, 15) is 9.59 Å². The van der Waals surface area contributed by atoms with Crippen LogP contribution >= 0.6 is 0 Å². The number of amides is 1. The summed E-state index contributed by atoms with van der Waals surface area (Å²) < 4.78 is 5.82. The predicted molar refractivity (Wildman–Crippen MR) is 89.0 cm³/mol. The van der Waals surface area contributed by atoms with Crippen molar-refractivity contribution in [3.63, 3.8) is 0 Å². The fraction of sp³-hybridized carbons (Fsp3) is 0.263. The number of nitrogens with one attached hydrogen (secondary N) is 1. The minimum Gasteiger partial charge on any atom is -0.478 e. The zero-order valence-corrected chi connectivity index (χ0v) is 13.1. The third-order valence-electron chi connectivity index (χ3n) is 4.26. The molecule has 0 saturated carbocycles. The first-order valence-corrected chi connectivity index (χ1v) is 7.93. The lowest BCUT2D eigenvalue weighted by atomic mass is 9.95. The van der Waals surface area contributed by atoms with E-state index in [4.69, 9.17) is 9.84 Å². The Morgan fingerprint density at radius 2 is 1.71 bits per heavy atom. The van der Waals surface area contributed by atoms with Gasteiger partial charge in [-0.05, 0) is 36.2 Å². The van der Waals surface area contributed by atoms with Crippen LogP contribution in [0.1, 0.15) is 38.8 Å². The molecule has 2 aromatic carbocycles. The van der Waals surface area contributed by atoms with Gasteiger partial charge in [0.1, 0.15) is 0 Å². The lowest BCUT2D eigenvalue weighted by molar-refractivity contribution is 0.0696. The van der Waals surface area contributed by atoms with Crippen molar-refractivity contribution in [3.05, 3.63) is 71.3 Å². The van der Waals surface area contributed by atoms with Crippen molar-refractivity contribution in [1.29, 1.82) is 0 Å².